The molecule has 114 valence electrons. The van der Waals surface area contributed by atoms with Crippen molar-refractivity contribution < 1.29 is 14.3 Å². The molecule has 2 aliphatic heterocycles. The van der Waals surface area contributed by atoms with Gasteiger partial charge in [-0.3, -0.25) is 9.69 Å². The molecule has 2 heterocycles. The highest BCUT2D eigenvalue weighted by molar-refractivity contribution is 5.92. The molecule has 5 nitrogen and oxygen atoms in total. The fourth-order valence-electron chi connectivity index (χ4n) is 3.03. The minimum Gasteiger partial charge on any atom is -0.349 e. The van der Waals surface area contributed by atoms with E-state index in [9.17, 15) is 4.79 Å². The highest BCUT2D eigenvalue weighted by Crippen LogP contribution is 2.24. The van der Waals surface area contributed by atoms with Gasteiger partial charge in [-0.2, -0.15) is 0 Å². The van der Waals surface area contributed by atoms with Crippen LogP contribution in [0, 0.1) is 0 Å². The molecule has 0 spiro atoms. The van der Waals surface area contributed by atoms with Crippen molar-refractivity contribution in [2.45, 2.75) is 31.6 Å². The molecule has 3 rings (SSSR count). The summed E-state index contributed by atoms with van der Waals surface area (Å²) in [7, 11) is 0. The molecule has 0 saturated carbocycles. The van der Waals surface area contributed by atoms with Gasteiger partial charge < -0.3 is 14.8 Å². The first kappa shape index (κ1) is 14.5. The minimum atomic E-state index is -0.171. The van der Waals surface area contributed by atoms with Crippen molar-refractivity contribution in [2.75, 3.05) is 31.6 Å². The van der Waals surface area contributed by atoms with Gasteiger partial charge in [0.15, 0.2) is 6.29 Å². The van der Waals surface area contributed by atoms with E-state index in [4.69, 9.17) is 9.47 Å². The quantitative estimate of drug-likeness (QED) is 0.919. The van der Waals surface area contributed by atoms with Crippen LogP contribution in [0.5, 0.6) is 0 Å². The maximum absolute atomic E-state index is 12.2. The number of anilines is 1. The topological polar surface area (TPSA) is 50.8 Å². The van der Waals surface area contributed by atoms with E-state index in [0.29, 0.717) is 19.8 Å². The van der Waals surface area contributed by atoms with Gasteiger partial charge in [-0.25, -0.2) is 0 Å². The Morgan fingerprint density at radius 3 is 2.71 bits per heavy atom. The number of nitrogens with zero attached hydrogens (tertiary/aromatic N) is 1. The SMILES string of the molecule is O=C(CN1CCCCC1C1OCCO1)Nc1ccccc1. The lowest BCUT2D eigenvalue weighted by Gasteiger charge is -2.37. The van der Waals surface area contributed by atoms with Crippen molar-refractivity contribution in [3.8, 4) is 0 Å². The number of hydrogen-bond acceptors (Lipinski definition) is 4. The molecule has 1 atom stereocenters. The van der Waals surface area contributed by atoms with Crippen molar-refractivity contribution in [2.24, 2.45) is 0 Å². The zero-order chi connectivity index (χ0) is 14.5. The van der Waals surface area contributed by atoms with Gasteiger partial charge in [0.1, 0.15) is 0 Å². The van der Waals surface area contributed by atoms with E-state index in [1.807, 2.05) is 30.3 Å². The molecule has 0 aliphatic carbocycles. The maximum Gasteiger partial charge on any atom is 0.238 e. The standard InChI is InChI=1S/C16H22N2O3/c19-15(17-13-6-2-1-3-7-13)12-18-9-5-4-8-14(18)16-20-10-11-21-16/h1-3,6-7,14,16H,4-5,8-12H2,(H,17,19). The molecule has 0 bridgehead atoms. The molecule has 2 aliphatic rings. The molecule has 2 saturated heterocycles. The summed E-state index contributed by atoms with van der Waals surface area (Å²) in [6.07, 6.45) is 3.16. The second-order valence-corrected chi connectivity index (χ2v) is 5.56. The maximum atomic E-state index is 12.2. The van der Waals surface area contributed by atoms with E-state index in [1.165, 1.54) is 6.42 Å². The summed E-state index contributed by atoms with van der Waals surface area (Å²) >= 11 is 0. The number of likely N-dealkylation sites (tertiary alicyclic amines) is 1. The van der Waals surface area contributed by atoms with Crippen molar-refractivity contribution in [1.29, 1.82) is 0 Å². The Morgan fingerprint density at radius 1 is 1.19 bits per heavy atom. The van der Waals surface area contributed by atoms with Crippen LogP contribution in [-0.2, 0) is 14.3 Å². The molecule has 0 radical (unpaired) electrons. The van der Waals surface area contributed by atoms with Crippen LogP contribution in [-0.4, -0.2) is 49.4 Å². The second kappa shape index (κ2) is 7.02. The van der Waals surface area contributed by atoms with Crippen LogP contribution in [0.3, 0.4) is 0 Å². The van der Waals surface area contributed by atoms with Gasteiger partial charge in [-0.05, 0) is 31.5 Å². The molecule has 1 aromatic rings. The van der Waals surface area contributed by atoms with E-state index < -0.39 is 0 Å². The highest BCUT2D eigenvalue weighted by atomic mass is 16.7. The van der Waals surface area contributed by atoms with E-state index in [-0.39, 0.29) is 18.2 Å². The summed E-state index contributed by atoms with van der Waals surface area (Å²) in [5.74, 6) is 0.0195. The van der Waals surface area contributed by atoms with Crippen LogP contribution in [0.1, 0.15) is 19.3 Å². The van der Waals surface area contributed by atoms with Crippen molar-refractivity contribution in [3.63, 3.8) is 0 Å². The lowest BCUT2D eigenvalue weighted by atomic mass is 10.0. The fourth-order valence-corrected chi connectivity index (χ4v) is 3.03. The highest BCUT2D eigenvalue weighted by Gasteiger charge is 2.34. The van der Waals surface area contributed by atoms with Crippen LogP contribution >= 0.6 is 0 Å². The molecule has 0 aromatic heterocycles. The minimum absolute atomic E-state index is 0.0195. The zero-order valence-corrected chi connectivity index (χ0v) is 12.2. The number of ether oxygens (including phenoxy) is 2. The third-order valence-corrected chi connectivity index (χ3v) is 4.03. The number of carbonyl (C=O) groups is 1. The van der Waals surface area contributed by atoms with Gasteiger partial charge in [0.2, 0.25) is 5.91 Å². The van der Waals surface area contributed by atoms with Gasteiger partial charge in [-0.15, -0.1) is 0 Å². The molecular formula is C16H22N2O3. The first-order chi connectivity index (χ1) is 10.3. The smallest absolute Gasteiger partial charge is 0.238 e. The lowest BCUT2D eigenvalue weighted by Crippen LogP contribution is -2.50. The van der Waals surface area contributed by atoms with E-state index in [1.54, 1.807) is 0 Å². The number of nitrogens with one attached hydrogen (secondary N) is 1. The van der Waals surface area contributed by atoms with Gasteiger partial charge in [-0.1, -0.05) is 24.6 Å². The van der Waals surface area contributed by atoms with Crippen LogP contribution in [0.2, 0.25) is 0 Å². The van der Waals surface area contributed by atoms with E-state index >= 15 is 0 Å². The Labute approximate surface area is 125 Å². The monoisotopic (exact) mass is 290 g/mol. The van der Waals surface area contributed by atoms with Gasteiger partial charge in [0.05, 0.1) is 25.8 Å². The number of benzene rings is 1. The Kier molecular flexibility index (Phi) is 4.85. The largest absolute Gasteiger partial charge is 0.349 e. The predicted octanol–water partition coefficient (Wildman–Crippen LogP) is 1.85. The third kappa shape index (κ3) is 3.81. The Hall–Kier alpha value is -1.43. The molecule has 5 heteroatoms. The lowest BCUT2D eigenvalue weighted by molar-refractivity contribution is -0.127. The summed E-state index contributed by atoms with van der Waals surface area (Å²) in [6, 6.07) is 9.76. The van der Waals surface area contributed by atoms with Crippen molar-refractivity contribution in [1.82, 2.24) is 4.90 Å². The summed E-state index contributed by atoms with van der Waals surface area (Å²) in [4.78, 5) is 14.4. The second-order valence-electron chi connectivity index (χ2n) is 5.56. The number of carbonyl (C=O) groups excluding carboxylic acids is 1. The average Bonchev–Trinajstić information content (AvgIpc) is 3.03. The van der Waals surface area contributed by atoms with Gasteiger partial charge in [0.25, 0.3) is 0 Å². The Morgan fingerprint density at radius 2 is 1.95 bits per heavy atom. The van der Waals surface area contributed by atoms with Crippen molar-refractivity contribution >= 4 is 11.6 Å². The molecule has 1 unspecified atom stereocenters. The van der Waals surface area contributed by atoms with Crippen molar-refractivity contribution in [3.05, 3.63) is 30.3 Å². The van der Waals surface area contributed by atoms with Gasteiger partial charge >= 0.3 is 0 Å². The zero-order valence-electron chi connectivity index (χ0n) is 12.2. The Balaban J connectivity index is 1.57. The summed E-state index contributed by atoms with van der Waals surface area (Å²) in [5.41, 5.74) is 0.837. The first-order valence-electron chi connectivity index (χ1n) is 7.65. The number of piperidine rings is 1. The van der Waals surface area contributed by atoms with Crippen LogP contribution < -0.4 is 5.32 Å². The van der Waals surface area contributed by atoms with E-state index in [2.05, 4.69) is 10.2 Å². The number of hydrogen-bond donors (Lipinski definition) is 1. The molecule has 21 heavy (non-hydrogen) atoms. The van der Waals surface area contributed by atoms with Crippen LogP contribution in [0.4, 0.5) is 5.69 Å². The average molecular weight is 290 g/mol. The number of rotatable bonds is 4. The van der Waals surface area contributed by atoms with E-state index in [0.717, 1.165) is 25.1 Å². The van der Waals surface area contributed by atoms with Gasteiger partial charge in [0, 0.05) is 5.69 Å². The molecule has 1 aromatic carbocycles. The Bertz CT molecular complexity index is 460. The third-order valence-electron chi connectivity index (χ3n) is 4.03. The fraction of sp³-hybridized carbons (Fsp3) is 0.562. The molecular weight excluding hydrogens is 268 g/mol. The molecule has 2 fully saturated rings. The summed E-state index contributed by atoms with van der Waals surface area (Å²) in [5, 5.41) is 2.94. The van der Waals surface area contributed by atoms with Crippen LogP contribution in [0.15, 0.2) is 30.3 Å². The molecule has 1 amide bonds. The van der Waals surface area contributed by atoms with Crippen LogP contribution in [0.25, 0.3) is 0 Å². The first-order valence-corrected chi connectivity index (χ1v) is 7.65. The summed E-state index contributed by atoms with van der Waals surface area (Å²) < 4.78 is 11.3. The predicted molar refractivity (Wildman–Crippen MR) is 80.0 cm³/mol. The number of amides is 1. The summed E-state index contributed by atoms with van der Waals surface area (Å²) in [6.45, 7) is 2.63. The number of para-hydroxylation sites is 1. The molecule has 1 N–H and O–H groups in total. The normalized spacial score (nSPS) is 24.1.